The van der Waals surface area contributed by atoms with E-state index in [1.54, 1.807) is 0 Å². The highest BCUT2D eigenvalue weighted by molar-refractivity contribution is 5.78. The van der Waals surface area contributed by atoms with Gasteiger partial charge in [0.1, 0.15) is 0 Å². The summed E-state index contributed by atoms with van der Waals surface area (Å²) in [5.74, 6) is 0.490. The van der Waals surface area contributed by atoms with Gasteiger partial charge >= 0.3 is 0 Å². The lowest BCUT2D eigenvalue weighted by atomic mass is 9.97. The molecule has 1 heterocycles. The van der Waals surface area contributed by atoms with Crippen LogP contribution in [-0.4, -0.2) is 25.5 Å². The summed E-state index contributed by atoms with van der Waals surface area (Å²) in [6, 6.07) is 0. The van der Waals surface area contributed by atoms with E-state index in [1.807, 2.05) is 0 Å². The molecule has 2 aliphatic rings. The summed E-state index contributed by atoms with van der Waals surface area (Å²) in [4.78, 5) is 11.9. The SMILES string of the molecule is O=C(NCCCC1=CCCC=C1)C1CCNCC1.[HH]. The first-order valence-corrected chi connectivity index (χ1v) is 7.20. The van der Waals surface area contributed by atoms with Crippen LogP contribution in [0.5, 0.6) is 0 Å². The topological polar surface area (TPSA) is 41.1 Å². The summed E-state index contributed by atoms with van der Waals surface area (Å²) < 4.78 is 0. The lowest BCUT2D eigenvalue weighted by Crippen LogP contribution is -2.38. The first-order chi connectivity index (χ1) is 8.86. The fourth-order valence-electron chi connectivity index (χ4n) is 2.59. The molecule has 0 atom stereocenters. The predicted octanol–water partition coefficient (Wildman–Crippen LogP) is 2.40. The molecule has 0 saturated carbocycles. The van der Waals surface area contributed by atoms with Gasteiger partial charge in [-0.25, -0.2) is 0 Å². The van der Waals surface area contributed by atoms with Crippen molar-refractivity contribution < 1.29 is 6.22 Å². The molecule has 0 bridgehead atoms. The van der Waals surface area contributed by atoms with Crippen LogP contribution in [0.15, 0.2) is 23.8 Å². The van der Waals surface area contributed by atoms with Crippen molar-refractivity contribution in [3.63, 3.8) is 0 Å². The Morgan fingerprint density at radius 3 is 2.94 bits per heavy atom. The average Bonchev–Trinajstić information content (AvgIpc) is 2.45. The van der Waals surface area contributed by atoms with Crippen molar-refractivity contribution in [2.75, 3.05) is 19.6 Å². The highest BCUT2D eigenvalue weighted by Crippen LogP contribution is 2.15. The Morgan fingerprint density at radius 1 is 1.39 bits per heavy atom. The number of rotatable bonds is 5. The molecular weight excluding hydrogens is 224 g/mol. The van der Waals surface area contributed by atoms with Crippen LogP contribution in [0, 0.1) is 5.92 Å². The molecule has 102 valence electrons. The Labute approximate surface area is 111 Å². The minimum Gasteiger partial charge on any atom is -0.356 e. The van der Waals surface area contributed by atoms with E-state index in [9.17, 15) is 4.79 Å². The third kappa shape index (κ3) is 4.30. The Bertz CT molecular complexity index is 333. The van der Waals surface area contributed by atoms with E-state index in [4.69, 9.17) is 0 Å². The van der Waals surface area contributed by atoms with E-state index >= 15 is 0 Å². The molecule has 0 aromatic heterocycles. The van der Waals surface area contributed by atoms with Crippen LogP contribution in [0.3, 0.4) is 0 Å². The molecule has 0 spiro atoms. The van der Waals surface area contributed by atoms with Crippen LogP contribution in [0.4, 0.5) is 0 Å². The van der Waals surface area contributed by atoms with E-state index in [0.29, 0.717) is 0 Å². The number of nitrogens with one attached hydrogen (secondary N) is 2. The summed E-state index contributed by atoms with van der Waals surface area (Å²) >= 11 is 0. The van der Waals surface area contributed by atoms with Gasteiger partial charge < -0.3 is 10.6 Å². The second kappa shape index (κ2) is 7.37. The summed E-state index contributed by atoms with van der Waals surface area (Å²) in [5.41, 5.74) is 1.43. The molecule has 3 heteroatoms. The van der Waals surface area contributed by atoms with Gasteiger partial charge in [0.05, 0.1) is 0 Å². The summed E-state index contributed by atoms with van der Waals surface area (Å²) in [6.45, 7) is 2.78. The largest absolute Gasteiger partial charge is 0.356 e. The third-order valence-corrected chi connectivity index (χ3v) is 3.72. The molecule has 1 fully saturated rings. The van der Waals surface area contributed by atoms with Crippen molar-refractivity contribution in [3.05, 3.63) is 23.8 Å². The number of hydrogen-bond acceptors (Lipinski definition) is 2. The van der Waals surface area contributed by atoms with E-state index in [-0.39, 0.29) is 13.3 Å². The molecule has 0 aromatic carbocycles. The maximum absolute atomic E-state index is 11.9. The molecule has 1 aliphatic carbocycles. The van der Waals surface area contributed by atoms with Crippen LogP contribution >= 0.6 is 0 Å². The lowest BCUT2D eigenvalue weighted by Gasteiger charge is -2.21. The van der Waals surface area contributed by atoms with Gasteiger partial charge in [0, 0.05) is 13.9 Å². The fourth-order valence-corrected chi connectivity index (χ4v) is 2.59. The van der Waals surface area contributed by atoms with E-state index in [0.717, 1.165) is 45.3 Å². The van der Waals surface area contributed by atoms with Crippen LogP contribution in [0.25, 0.3) is 0 Å². The minimum absolute atomic E-state index is 0. The zero-order valence-corrected chi connectivity index (χ0v) is 11.1. The standard InChI is InChI=1S/C15H24N2O.H2/c18-15(14-8-11-16-12-9-14)17-10-4-7-13-5-2-1-3-6-13;/h2,5-6,14,16H,1,3-4,7-12H2,(H,17,18);1H. The number of hydrogen-bond donors (Lipinski definition) is 2. The van der Waals surface area contributed by atoms with Crippen molar-refractivity contribution in [3.8, 4) is 0 Å². The summed E-state index contributed by atoms with van der Waals surface area (Å²) in [6.07, 6.45) is 13.2. The molecule has 0 unspecified atom stereocenters. The number of amides is 1. The molecular formula is C15H26N2O. The van der Waals surface area contributed by atoms with Gasteiger partial charge in [-0.15, -0.1) is 0 Å². The Morgan fingerprint density at radius 2 is 2.22 bits per heavy atom. The fraction of sp³-hybridized carbons (Fsp3) is 0.667. The number of piperidine rings is 1. The Kier molecular flexibility index (Phi) is 5.46. The Balaban J connectivity index is 0.00000180. The molecule has 0 radical (unpaired) electrons. The van der Waals surface area contributed by atoms with Gasteiger partial charge in [0.2, 0.25) is 5.91 Å². The highest BCUT2D eigenvalue weighted by Gasteiger charge is 2.19. The second-order valence-corrected chi connectivity index (χ2v) is 5.18. The zero-order valence-electron chi connectivity index (χ0n) is 11.1. The second-order valence-electron chi connectivity index (χ2n) is 5.18. The predicted molar refractivity (Wildman–Crippen MR) is 76.4 cm³/mol. The molecule has 0 aromatic rings. The molecule has 1 aliphatic heterocycles. The van der Waals surface area contributed by atoms with Crippen molar-refractivity contribution in [2.24, 2.45) is 5.92 Å². The van der Waals surface area contributed by atoms with Crippen LogP contribution < -0.4 is 10.6 Å². The molecule has 2 N–H and O–H groups in total. The van der Waals surface area contributed by atoms with Crippen LogP contribution in [-0.2, 0) is 4.79 Å². The van der Waals surface area contributed by atoms with Gasteiger partial charge in [-0.05, 0) is 51.6 Å². The summed E-state index contributed by atoms with van der Waals surface area (Å²) in [7, 11) is 0. The van der Waals surface area contributed by atoms with Crippen molar-refractivity contribution in [1.82, 2.24) is 10.6 Å². The van der Waals surface area contributed by atoms with Gasteiger partial charge in [-0.2, -0.15) is 0 Å². The van der Waals surface area contributed by atoms with Crippen molar-refractivity contribution in [2.45, 2.75) is 38.5 Å². The average molecular weight is 250 g/mol. The number of allylic oxidation sites excluding steroid dienone is 4. The number of carbonyl (C=O) groups excluding carboxylic acids is 1. The quantitative estimate of drug-likeness (QED) is 0.736. The molecule has 1 saturated heterocycles. The zero-order chi connectivity index (χ0) is 12.6. The first kappa shape index (κ1) is 13.3. The molecule has 18 heavy (non-hydrogen) atoms. The van der Waals surface area contributed by atoms with Gasteiger partial charge in [-0.3, -0.25) is 4.79 Å². The first-order valence-electron chi connectivity index (χ1n) is 7.20. The number of carbonyl (C=O) groups is 1. The highest BCUT2D eigenvalue weighted by atomic mass is 16.1. The monoisotopic (exact) mass is 250 g/mol. The van der Waals surface area contributed by atoms with Gasteiger partial charge in [-0.1, -0.05) is 23.8 Å². The van der Waals surface area contributed by atoms with Gasteiger partial charge in [0.25, 0.3) is 0 Å². The molecule has 2 rings (SSSR count). The Hall–Kier alpha value is -1.09. The van der Waals surface area contributed by atoms with E-state index < -0.39 is 0 Å². The third-order valence-electron chi connectivity index (χ3n) is 3.72. The van der Waals surface area contributed by atoms with E-state index in [2.05, 4.69) is 28.9 Å². The molecule has 3 nitrogen and oxygen atoms in total. The van der Waals surface area contributed by atoms with Gasteiger partial charge in [0.15, 0.2) is 0 Å². The molecule has 1 amide bonds. The maximum atomic E-state index is 11.9. The van der Waals surface area contributed by atoms with Crippen LogP contribution in [0.2, 0.25) is 0 Å². The normalized spacial score (nSPS) is 20.6. The van der Waals surface area contributed by atoms with Crippen molar-refractivity contribution in [1.29, 1.82) is 0 Å². The lowest BCUT2D eigenvalue weighted by molar-refractivity contribution is -0.125. The minimum atomic E-state index is 0. The van der Waals surface area contributed by atoms with E-state index in [1.165, 1.54) is 18.4 Å². The smallest absolute Gasteiger partial charge is 0.223 e. The van der Waals surface area contributed by atoms with Crippen molar-refractivity contribution >= 4 is 5.91 Å². The maximum Gasteiger partial charge on any atom is 0.223 e. The summed E-state index contributed by atoms with van der Waals surface area (Å²) in [5, 5.41) is 6.36. The van der Waals surface area contributed by atoms with Crippen LogP contribution in [0.1, 0.15) is 40.0 Å².